The van der Waals surface area contributed by atoms with Gasteiger partial charge in [0, 0.05) is 17.7 Å². The number of hydrogen-bond donors (Lipinski definition) is 1. The highest BCUT2D eigenvalue weighted by molar-refractivity contribution is 6.32. The Bertz CT molecular complexity index is 637. The zero-order valence-electron chi connectivity index (χ0n) is 11.6. The number of halogens is 1. The fourth-order valence-corrected chi connectivity index (χ4v) is 1.84. The Hall–Kier alpha value is -2.11. The summed E-state index contributed by atoms with van der Waals surface area (Å²) in [7, 11) is 0. The molecule has 0 aliphatic heterocycles. The molecule has 0 spiro atoms. The summed E-state index contributed by atoms with van der Waals surface area (Å²) in [6.07, 6.45) is 6.38. The number of carbonyl (C=O) groups is 1. The summed E-state index contributed by atoms with van der Waals surface area (Å²) in [4.78, 5) is 11.8. The minimum atomic E-state index is -0.245. The minimum absolute atomic E-state index is 0.245. The average Bonchev–Trinajstić information content (AvgIpc) is 2.91. The van der Waals surface area contributed by atoms with Gasteiger partial charge in [-0.05, 0) is 24.6 Å². The van der Waals surface area contributed by atoms with Crippen LogP contribution in [0, 0.1) is 0 Å². The Balaban J connectivity index is 1.92. The van der Waals surface area contributed by atoms with Crippen LogP contribution in [0.15, 0.2) is 42.7 Å². The van der Waals surface area contributed by atoms with Gasteiger partial charge in [-0.2, -0.15) is 5.10 Å². The number of aromatic nitrogens is 2. The van der Waals surface area contributed by atoms with Crippen molar-refractivity contribution in [3.8, 4) is 0 Å². The summed E-state index contributed by atoms with van der Waals surface area (Å²) in [6, 6.07) is 7.32. The Kier molecular flexibility index (Phi) is 5.54. The second-order valence-electron chi connectivity index (χ2n) is 4.23. The van der Waals surface area contributed by atoms with Crippen molar-refractivity contribution in [1.29, 1.82) is 0 Å². The Morgan fingerprint density at radius 3 is 3.05 bits per heavy atom. The predicted octanol–water partition coefficient (Wildman–Crippen LogP) is 3.18. The molecule has 1 heterocycles. The highest BCUT2D eigenvalue weighted by Crippen LogP contribution is 2.16. The molecule has 0 fully saturated rings. The second kappa shape index (κ2) is 7.61. The van der Waals surface area contributed by atoms with Gasteiger partial charge in [-0.1, -0.05) is 29.8 Å². The van der Waals surface area contributed by atoms with Crippen LogP contribution < -0.4 is 5.32 Å². The number of amides is 1. The van der Waals surface area contributed by atoms with Crippen LogP contribution in [0.25, 0.3) is 6.08 Å². The molecule has 0 radical (unpaired) electrons. The summed E-state index contributed by atoms with van der Waals surface area (Å²) in [5, 5.41) is 7.39. The third kappa shape index (κ3) is 4.73. The first-order valence-corrected chi connectivity index (χ1v) is 6.90. The summed E-state index contributed by atoms with van der Waals surface area (Å²) in [6.45, 7) is 2.88. The van der Waals surface area contributed by atoms with Crippen molar-refractivity contribution < 1.29 is 9.53 Å². The second-order valence-corrected chi connectivity index (χ2v) is 4.64. The number of anilines is 1. The number of ether oxygens (including phenoxy) is 1. The van der Waals surface area contributed by atoms with Crippen molar-refractivity contribution in [3.05, 3.63) is 53.3 Å². The molecule has 0 aliphatic carbocycles. The lowest BCUT2D eigenvalue weighted by Crippen LogP contribution is -2.07. The van der Waals surface area contributed by atoms with Crippen molar-refractivity contribution in [2.24, 2.45) is 0 Å². The molecular weight excluding hydrogens is 290 g/mol. The molecule has 0 unspecified atom stereocenters. The molecule has 1 N–H and O–H groups in total. The Labute approximate surface area is 128 Å². The lowest BCUT2D eigenvalue weighted by Gasteiger charge is -2.00. The lowest BCUT2D eigenvalue weighted by molar-refractivity contribution is -0.111. The van der Waals surface area contributed by atoms with Crippen LogP contribution in [0.2, 0.25) is 5.02 Å². The number of nitrogens with one attached hydrogen (secondary N) is 1. The number of carbonyl (C=O) groups excluding carboxylic acids is 1. The van der Waals surface area contributed by atoms with Crippen molar-refractivity contribution >= 4 is 29.3 Å². The van der Waals surface area contributed by atoms with E-state index in [-0.39, 0.29) is 5.91 Å². The van der Waals surface area contributed by atoms with Gasteiger partial charge < -0.3 is 10.1 Å². The van der Waals surface area contributed by atoms with E-state index < -0.39 is 0 Å². The number of benzene rings is 1. The molecule has 0 aliphatic rings. The summed E-state index contributed by atoms with van der Waals surface area (Å²) < 4.78 is 6.82. The molecule has 5 nitrogen and oxygen atoms in total. The molecule has 110 valence electrons. The van der Waals surface area contributed by atoms with E-state index >= 15 is 0 Å². The van der Waals surface area contributed by atoms with Crippen LogP contribution in [0.5, 0.6) is 0 Å². The number of nitrogens with zero attached hydrogens (tertiary/aromatic N) is 2. The first kappa shape index (κ1) is 15.3. The predicted molar refractivity (Wildman–Crippen MR) is 83.0 cm³/mol. The fourth-order valence-electron chi connectivity index (χ4n) is 1.64. The Morgan fingerprint density at radius 1 is 1.48 bits per heavy atom. The van der Waals surface area contributed by atoms with Crippen LogP contribution in [0.4, 0.5) is 5.69 Å². The molecule has 6 heteroatoms. The van der Waals surface area contributed by atoms with Gasteiger partial charge in [0.1, 0.15) is 6.73 Å². The zero-order valence-corrected chi connectivity index (χ0v) is 12.4. The maximum atomic E-state index is 11.8. The van der Waals surface area contributed by atoms with Crippen molar-refractivity contribution in [3.63, 3.8) is 0 Å². The molecule has 1 aromatic carbocycles. The van der Waals surface area contributed by atoms with Crippen molar-refractivity contribution in [2.45, 2.75) is 13.7 Å². The summed E-state index contributed by atoms with van der Waals surface area (Å²) in [5.41, 5.74) is 1.41. The number of hydrogen-bond acceptors (Lipinski definition) is 3. The normalized spacial score (nSPS) is 11.0. The largest absolute Gasteiger partial charge is 0.360 e. The van der Waals surface area contributed by atoms with Crippen molar-refractivity contribution in [2.75, 3.05) is 11.9 Å². The van der Waals surface area contributed by atoms with E-state index in [1.807, 2.05) is 25.1 Å². The lowest BCUT2D eigenvalue weighted by atomic mass is 10.2. The van der Waals surface area contributed by atoms with E-state index in [1.54, 1.807) is 29.2 Å². The molecule has 0 bridgehead atoms. The van der Waals surface area contributed by atoms with E-state index in [2.05, 4.69) is 10.4 Å². The van der Waals surface area contributed by atoms with Gasteiger partial charge in [-0.25, -0.2) is 4.68 Å². The average molecular weight is 306 g/mol. The van der Waals surface area contributed by atoms with E-state index in [1.165, 1.54) is 6.08 Å². The van der Waals surface area contributed by atoms with Gasteiger partial charge in [0.25, 0.3) is 0 Å². The Morgan fingerprint density at radius 2 is 2.29 bits per heavy atom. The molecule has 1 aromatic heterocycles. The van der Waals surface area contributed by atoms with Crippen LogP contribution in [0.1, 0.15) is 12.5 Å². The van der Waals surface area contributed by atoms with E-state index in [0.29, 0.717) is 24.0 Å². The maximum Gasteiger partial charge on any atom is 0.248 e. The zero-order chi connectivity index (χ0) is 15.1. The van der Waals surface area contributed by atoms with Gasteiger partial charge >= 0.3 is 0 Å². The van der Waals surface area contributed by atoms with E-state index in [9.17, 15) is 4.79 Å². The molecule has 0 saturated heterocycles. The first-order valence-electron chi connectivity index (χ1n) is 6.53. The molecule has 0 atom stereocenters. The third-order valence-corrected chi connectivity index (χ3v) is 2.99. The van der Waals surface area contributed by atoms with Crippen LogP contribution in [-0.2, 0) is 16.3 Å². The van der Waals surface area contributed by atoms with Gasteiger partial charge in [0.05, 0.1) is 18.1 Å². The highest BCUT2D eigenvalue weighted by Gasteiger charge is 2.02. The van der Waals surface area contributed by atoms with E-state index in [4.69, 9.17) is 16.3 Å². The quantitative estimate of drug-likeness (QED) is 0.834. The monoisotopic (exact) mass is 305 g/mol. The minimum Gasteiger partial charge on any atom is -0.360 e. The van der Waals surface area contributed by atoms with Gasteiger partial charge in [0.15, 0.2) is 0 Å². The van der Waals surface area contributed by atoms with E-state index in [0.717, 1.165) is 5.56 Å². The van der Waals surface area contributed by atoms with Gasteiger partial charge in [-0.3, -0.25) is 4.79 Å². The SMILES string of the molecule is CCOCn1cc(NC(=O)/C=C/c2ccccc2Cl)cn1. The smallest absolute Gasteiger partial charge is 0.248 e. The van der Waals surface area contributed by atoms with Crippen LogP contribution >= 0.6 is 11.6 Å². The topological polar surface area (TPSA) is 56.1 Å². The van der Waals surface area contributed by atoms with Crippen LogP contribution in [-0.4, -0.2) is 22.3 Å². The third-order valence-electron chi connectivity index (χ3n) is 2.65. The fraction of sp³-hybridized carbons (Fsp3) is 0.200. The summed E-state index contributed by atoms with van der Waals surface area (Å²) in [5.74, 6) is -0.245. The molecule has 1 amide bonds. The standard InChI is InChI=1S/C15H16ClN3O2/c1-2-21-11-19-10-13(9-17-19)18-15(20)8-7-12-5-3-4-6-14(12)16/h3-10H,2,11H2,1H3,(H,18,20)/b8-7+. The highest BCUT2D eigenvalue weighted by atomic mass is 35.5. The van der Waals surface area contributed by atoms with Crippen molar-refractivity contribution in [1.82, 2.24) is 9.78 Å². The van der Waals surface area contributed by atoms with Crippen LogP contribution in [0.3, 0.4) is 0 Å². The first-order chi connectivity index (χ1) is 10.2. The van der Waals surface area contributed by atoms with Gasteiger partial charge in [-0.15, -0.1) is 0 Å². The molecule has 21 heavy (non-hydrogen) atoms. The number of rotatable bonds is 6. The van der Waals surface area contributed by atoms with Gasteiger partial charge in [0.2, 0.25) is 5.91 Å². The molecule has 2 rings (SSSR count). The molecular formula is C15H16ClN3O2. The molecule has 0 saturated carbocycles. The maximum absolute atomic E-state index is 11.8. The summed E-state index contributed by atoms with van der Waals surface area (Å²) >= 11 is 6.01. The molecule has 2 aromatic rings.